The van der Waals surface area contributed by atoms with E-state index in [2.05, 4.69) is 12.1 Å². The number of Topliss-reactive ketones (excluding diaryl/α,β-unsaturated/α-hetero) is 1. The number of aryl methyl sites for hydroxylation is 1. The second-order valence-corrected chi connectivity index (χ2v) is 5.11. The molecular weight excluding hydrogens is 248 g/mol. The van der Waals surface area contributed by atoms with E-state index in [0.717, 1.165) is 35.3 Å². The summed E-state index contributed by atoms with van der Waals surface area (Å²) in [6, 6.07) is 14.3. The zero-order valence-corrected chi connectivity index (χ0v) is 11.7. The first-order valence-corrected chi connectivity index (χ1v) is 7.17. The number of hydrogen-bond acceptors (Lipinski definition) is 2. The maximum atomic E-state index is 12.0. The predicted molar refractivity (Wildman–Crippen MR) is 80.3 cm³/mol. The highest BCUT2D eigenvalue weighted by atomic mass is 16.5. The largest absolute Gasteiger partial charge is 0.494 e. The van der Waals surface area contributed by atoms with Gasteiger partial charge in [-0.15, -0.1) is 0 Å². The van der Waals surface area contributed by atoms with Crippen molar-refractivity contribution < 1.29 is 9.53 Å². The van der Waals surface area contributed by atoms with Crippen LogP contribution in [0.2, 0.25) is 0 Å². The van der Waals surface area contributed by atoms with Crippen LogP contribution >= 0.6 is 0 Å². The molecule has 0 unspecified atom stereocenters. The SMILES string of the molecule is CCOc1ccc(-c2ccc3c(c2)C(=O)CCC3)cc1. The van der Waals surface area contributed by atoms with Gasteiger partial charge >= 0.3 is 0 Å². The highest BCUT2D eigenvalue weighted by Gasteiger charge is 2.17. The fourth-order valence-corrected chi connectivity index (χ4v) is 2.72. The third-order valence-corrected chi connectivity index (χ3v) is 3.76. The topological polar surface area (TPSA) is 26.3 Å². The fraction of sp³-hybridized carbons (Fsp3) is 0.278. The minimum absolute atomic E-state index is 0.277. The van der Waals surface area contributed by atoms with E-state index in [-0.39, 0.29) is 5.78 Å². The maximum Gasteiger partial charge on any atom is 0.163 e. The summed E-state index contributed by atoms with van der Waals surface area (Å²) in [4.78, 5) is 12.0. The lowest BCUT2D eigenvalue weighted by atomic mass is 9.88. The number of rotatable bonds is 3. The molecule has 2 nitrogen and oxygen atoms in total. The molecule has 0 fully saturated rings. The normalized spacial score (nSPS) is 13.9. The molecule has 20 heavy (non-hydrogen) atoms. The van der Waals surface area contributed by atoms with Gasteiger partial charge in [-0.1, -0.05) is 24.3 Å². The van der Waals surface area contributed by atoms with E-state index in [1.807, 2.05) is 37.3 Å². The van der Waals surface area contributed by atoms with Crippen LogP contribution in [-0.4, -0.2) is 12.4 Å². The molecule has 2 aromatic rings. The third-order valence-electron chi connectivity index (χ3n) is 3.76. The molecule has 0 heterocycles. The second kappa shape index (κ2) is 5.49. The summed E-state index contributed by atoms with van der Waals surface area (Å²) in [7, 11) is 0. The van der Waals surface area contributed by atoms with Gasteiger partial charge in [0.05, 0.1) is 6.61 Å². The number of benzene rings is 2. The predicted octanol–water partition coefficient (Wildman–Crippen LogP) is 4.27. The average molecular weight is 266 g/mol. The van der Waals surface area contributed by atoms with Gasteiger partial charge in [0.1, 0.15) is 5.75 Å². The average Bonchev–Trinajstić information content (AvgIpc) is 2.49. The van der Waals surface area contributed by atoms with Gasteiger partial charge in [-0.2, -0.15) is 0 Å². The fourth-order valence-electron chi connectivity index (χ4n) is 2.72. The van der Waals surface area contributed by atoms with Crippen molar-refractivity contribution in [3.63, 3.8) is 0 Å². The maximum absolute atomic E-state index is 12.0. The lowest BCUT2D eigenvalue weighted by molar-refractivity contribution is 0.0972. The highest BCUT2D eigenvalue weighted by molar-refractivity contribution is 5.99. The van der Waals surface area contributed by atoms with Crippen molar-refractivity contribution in [2.75, 3.05) is 6.61 Å². The number of carbonyl (C=O) groups is 1. The molecule has 1 aliphatic carbocycles. The molecule has 0 aliphatic heterocycles. The Morgan fingerprint density at radius 2 is 1.75 bits per heavy atom. The number of ether oxygens (including phenoxy) is 1. The van der Waals surface area contributed by atoms with Crippen molar-refractivity contribution in [1.82, 2.24) is 0 Å². The Balaban J connectivity index is 1.94. The Morgan fingerprint density at radius 3 is 2.50 bits per heavy atom. The summed E-state index contributed by atoms with van der Waals surface area (Å²) in [6.45, 7) is 2.65. The van der Waals surface area contributed by atoms with E-state index < -0.39 is 0 Å². The van der Waals surface area contributed by atoms with Crippen LogP contribution in [0.5, 0.6) is 5.75 Å². The minimum atomic E-state index is 0.277. The summed E-state index contributed by atoms with van der Waals surface area (Å²) in [5.41, 5.74) is 4.32. The molecule has 0 amide bonds. The van der Waals surface area contributed by atoms with Gasteiger partial charge in [0, 0.05) is 12.0 Å². The summed E-state index contributed by atoms with van der Waals surface area (Å²) >= 11 is 0. The molecule has 0 aromatic heterocycles. The van der Waals surface area contributed by atoms with Gasteiger partial charge in [0.2, 0.25) is 0 Å². The standard InChI is InChI=1S/C18H18O2/c1-2-20-16-10-8-13(9-11-16)15-7-6-14-4-3-5-18(19)17(14)12-15/h6-12H,2-5H2,1H3. The molecule has 2 heteroatoms. The van der Waals surface area contributed by atoms with E-state index in [1.54, 1.807) is 0 Å². The molecule has 0 atom stereocenters. The van der Waals surface area contributed by atoms with E-state index in [9.17, 15) is 4.79 Å². The van der Waals surface area contributed by atoms with Gasteiger partial charge in [-0.3, -0.25) is 4.79 Å². The minimum Gasteiger partial charge on any atom is -0.494 e. The molecule has 0 bridgehead atoms. The zero-order valence-electron chi connectivity index (χ0n) is 11.7. The number of fused-ring (bicyclic) bond motifs is 1. The van der Waals surface area contributed by atoms with Gasteiger partial charge in [-0.25, -0.2) is 0 Å². The Kier molecular flexibility index (Phi) is 3.55. The lowest BCUT2D eigenvalue weighted by Gasteiger charge is -2.15. The Hall–Kier alpha value is -2.09. The second-order valence-electron chi connectivity index (χ2n) is 5.11. The number of hydrogen-bond donors (Lipinski definition) is 0. The molecule has 0 radical (unpaired) electrons. The molecule has 0 saturated heterocycles. The Labute approximate surface area is 119 Å². The molecular formula is C18H18O2. The molecule has 102 valence electrons. The van der Waals surface area contributed by atoms with Crippen molar-refractivity contribution in [1.29, 1.82) is 0 Å². The van der Waals surface area contributed by atoms with Crippen molar-refractivity contribution >= 4 is 5.78 Å². The first-order valence-electron chi connectivity index (χ1n) is 7.17. The summed E-state index contributed by atoms with van der Waals surface area (Å²) in [6.07, 6.45) is 2.68. The Morgan fingerprint density at radius 1 is 1.00 bits per heavy atom. The van der Waals surface area contributed by atoms with E-state index in [1.165, 1.54) is 5.56 Å². The van der Waals surface area contributed by atoms with Gasteiger partial charge in [0.25, 0.3) is 0 Å². The summed E-state index contributed by atoms with van der Waals surface area (Å²) < 4.78 is 5.45. The van der Waals surface area contributed by atoms with Crippen molar-refractivity contribution in [2.45, 2.75) is 26.2 Å². The van der Waals surface area contributed by atoms with Crippen LogP contribution in [-0.2, 0) is 6.42 Å². The van der Waals surface area contributed by atoms with Crippen LogP contribution in [0.15, 0.2) is 42.5 Å². The third kappa shape index (κ3) is 2.46. The molecule has 0 spiro atoms. The van der Waals surface area contributed by atoms with Crippen LogP contribution in [0.1, 0.15) is 35.7 Å². The molecule has 3 rings (SSSR count). The molecule has 0 saturated carbocycles. The monoisotopic (exact) mass is 266 g/mol. The molecule has 0 N–H and O–H groups in total. The van der Waals surface area contributed by atoms with Gasteiger partial charge in [-0.05, 0) is 54.7 Å². The lowest BCUT2D eigenvalue weighted by Crippen LogP contribution is -2.10. The molecule has 1 aliphatic rings. The zero-order chi connectivity index (χ0) is 13.9. The Bertz CT molecular complexity index is 626. The quantitative estimate of drug-likeness (QED) is 0.829. The number of ketones is 1. The van der Waals surface area contributed by atoms with Crippen molar-refractivity contribution in [3.8, 4) is 16.9 Å². The van der Waals surface area contributed by atoms with E-state index in [0.29, 0.717) is 13.0 Å². The van der Waals surface area contributed by atoms with Gasteiger partial charge < -0.3 is 4.74 Å². The van der Waals surface area contributed by atoms with Crippen LogP contribution < -0.4 is 4.74 Å². The van der Waals surface area contributed by atoms with E-state index >= 15 is 0 Å². The van der Waals surface area contributed by atoms with Crippen molar-refractivity contribution in [2.24, 2.45) is 0 Å². The molecule has 2 aromatic carbocycles. The van der Waals surface area contributed by atoms with Crippen molar-refractivity contribution in [3.05, 3.63) is 53.6 Å². The summed E-state index contributed by atoms with van der Waals surface area (Å²) in [5, 5.41) is 0. The van der Waals surface area contributed by atoms with Crippen LogP contribution in [0, 0.1) is 0 Å². The summed E-state index contributed by atoms with van der Waals surface area (Å²) in [5.74, 6) is 1.16. The van der Waals surface area contributed by atoms with Crippen LogP contribution in [0.4, 0.5) is 0 Å². The van der Waals surface area contributed by atoms with E-state index in [4.69, 9.17) is 4.74 Å². The first-order chi connectivity index (χ1) is 9.78. The number of carbonyl (C=O) groups excluding carboxylic acids is 1. The van der Waals surface area contributed by atoms with Crippen LogP contribution in [0.3, 0.4) is 0 Å². The van der Waals surface area contributed by atoms with Crippen LogP contribution in [0.25, 0.3) is 11.1 Å². The first kappa shape index (κ1) is 12.9. The van der Waals surface area contributed by atoms with Gasteiger partial charge in [0.15, 0.2) is 5.78 Å². The smallest absolute Gasteiger partial charge is 0.163 e. The highest BCUT2D eigenvalue weighted by Crippen LogP contribution is 2.28.